The highest BCUT2D eigenvalue weighted by Crippen LogP contribution is 2.32. The monoisotopic (exact) mass is 335 g/mol. The minimum Gasteiger partial charge on any atom is -0.507 e. The first-order valence-electron chi connectivity index (χ1n) is 6.56. The van der Waals surface area contributed by atoms with E-state index in [0.717, 1.165) is 12.1 Å². The molecule has 0 spiro atoms. The molecule has 0 aromatic heterocycles. The quantitative estimate of drug-likeness (QED) is 0.297. The molecule has 0 saturated heterocycles. The number of nitrogens with zero attached hydrogens (tertiary/aromatic N) is 1. The van der Waals surface area contributed by atoms with Gasteiger partial charge in [-0.2, -0.15) is 0 Å². The zero-order valence-electron chi connectivity index (χ0n) is 12.1. The third kappa shape index (κ3) is 3.73. The van der Waals surface area contributed by atoms with Gasteiger partial charge in [0.2, 0.25) is 0 Å². The summed E-state index contributed by atoms with van der Waals surface area (Å²) < 4.78 is 0. The number of aryl methyl sites for hydroxylation is 1. The number of hydrogen-bond acceptors (Lipinski definition) is 6. The van der Waals surface area contributed by atoms with Crippen LogP contribution in [0.15, 0.2) is 29.3 Å². The molecule has 6 nitrogen and oxygen atoms in total. The van der Waals surface area contributed by atoms with Gasteiger partial charge in [-0.05, 0) is 30.7 Å². The number of carbonyl (C=O) groups excluding carboxylic acids is 1. The summed E-state index contributed by atoms with van der Waals surface area (Å²) in [7, 11) is 0. The van der Waals surface area contributed by atoms with Crippen molar-refractivity contribution in [3.05, 3.63) is 46.0 Å². The maximum absolute atomic E-state index is 12.0. The van der Waals surface area contributed by atoms with Crippen molar-refractivity contribution in [1.82, 2.24) is 0 Å². The third-order valence-corrected chi connectivity index (χ3v) is 3.37. The van der Waals surface area contributed by atoms with E-state index in [1.54, 1.807) is 13.0 Å². The van der Waals surface area contributed by atoms with Crippen LogP contribution in [0.5, 0.6) is 23.0 Å². The van der Waals surface area contributed by atoms with Gasteiger partial charge < -0.3 is 20.4 Å². The molecule has 0 aliphatic rings. The molecule has 0 aliphatic carbocycles. The van der Waals surface area contributed by atoms with Crippen molar-refractivity contribution in [2.24, 2.45) is 4.99 Å². The second kappa shape index (κ2) is 6.58. The van der Waals surface area contributed by atoms with Gasteiger partial charge in [0.05, 0.1) is 5.56 Å². The van der Waals surface area contributed by atoms with Gasteiger partial charge in [-0.25, -0.2) is 0 Å². The first-order chi connectivity index (χ1) is 10.8. The number of carbonyl (C=O) groups is 1. The summed E-state index contributed by atoms with van der Waals surface area (Å²) in [5.74, 6) is -2.05. The van der Waals surface area contributed by atoms with Gasteiger partial charge in [0.25, 0.3) is 0 Å². The smallest absolute Gasteiger partial charge is 0.188 e. The average Bonchev–Trinajstić information content (AvgIpc) is 2.47. The van der Waals surface area contributed by atoms with Crippen LogP contribution in [0.3, 0.4) is 0 Å². The third-order valence-electron chi connectivity index (χ3n) is 3.15. The molecule has 0 unspecified atom stereocenters. The fraction of sp³-hybridized carbons (Fsp3) is 0.125. The highest BCUT2D eigenvalue weighted by molar-refractivity contribution is 6.31. The molecular formula is C16H14ClNO5. The van der Waals surface area contributed by atoms with Crippen LogP contribution in [-0.4, -0.2) is 39.0 Å². The van der Waals surface area contributed by atoms with Crippen molar-refractivity contribution in [3.63, 3.8) is 0 Å². The van der Waals surface area contributed by atoms with Crippen molar-refractivity contribution < 1.29 is 25.2 Å². The fourth-order valence-electron chi connectivity index (χ4n) is 1.96. The van der Waals surface area contributed by atoms with E-state index in [4.69, 9.17) is 11.6 Å². The lowest BCUT2D eigenvalue weighted by Gasteiger charge is -2.05. The van der Waals surface area contributed by atoms with Crippen LogP contribution in [-0.2, 0) is 0 Å². The van der Waals surface area contributed by atoms with E-state index in [9.17, 15) is 25.2 Å². The number of halogens is 1. The molecule has 2 aromatic carbocycles. The fourth-order valence-corrected chi connectivity index (χ4v) is 2.24. The molecule has 0 amide bonds. The van der Waals surface area contributed by atoms with E-state index in [1.165, 1.54) is 12.3 Å². The van der Waals surface area contributed by atoms with Gasteiger partial charge in [0.15, 0.2) is 17.3 Å². The standard InChI is InChI=1S/C16H14ClNO5/c1-8-2-10(17)3-9(16(8)23)6-18-7-15(22)11-4-13(20)14(21)5-12(11)19/h2-6,19-21,23H,7H2,1H3. The number of rotatable bonds is 4. The highest BCUT2D eigenvalue weighted by atomic mass is 35.5. The van der Waals surface area contributed by atoms with Crippen molar-refractivity contribution in [1.29, 1.82) is 0 Å². The highest BCUT2D eigenvalue weighted by Gasteiger charge is 2.14. The van der Waals surface area contributed by atoms with Crippen LogP contribution in [0, 0.1) is 6.92 Å². The zero-order valence-corrected chi connectivity index (χ0v) is 12.9. The molecular weight excluding hydrogens is 322 g/mol. The minimum absolute atomic E-state index is 0.00993. The predicted molar refractivity (Wildman–Crippen MR) is 86.1 cm³/mol. The van der Waals surface area contributed by atoms with E-state index < -0.39 is 23.0 Å². The molecule has 0 aliphatic heterocycles. The summed E-state index contributed by atoms with van der Waals surface area (Å²) in [6.45, 7) is 1.36. The molecule has 0 fully saturated rings. The van der Waals surface area contributed by atoms with Gasteiger partial charge in [-0.1, -0.05) is 11.6 Å². The Hall–Kier alpha value is -2.73. The number of ketones is 1. The number of aliphatic imine (C=N–C) groups is 1. The molecule has 2 rings (SSSR count). The Labute approximate surface area is 136 Å². The lowest BCUT2D eigenvalue weighted by Crippen LogP contribution is -2.04. The molecule has 7 heteroatoms. The molecule has 2 aromatic rings. The summed E-state index contributed by atoms with van der Waals surface area (Å²) >= 11 is 5.89. The van der Waals surface area contributed by atoms with E-state index in [1.807, 2.05) is 0 Å². The van der Waals surface area contributed by atoms with Crippen LogP contribution in [0.4, 0.5) is 0 Å². The van der Waals surface area contributed by atoms with Gasteiger partial charge in [-0.3, -0.25) is 9.79 Å². The van der Waals surface area contributed by atoms with E-state index in [2.05, 4.69) is 4.99 Å². The summed E-state index contributed by atoms with van der Waals surface area (Å²) in [6.07, 6.45) is 1.30. The Bertz CT molecular complexity index is 802. The summed E-state index contributed by atoms with van der Waals surface area (Å²) in [5.41, 5.74) is 0.774. The van der Waals surface area contributed by atoms with Crippen LogP contribution >= 0.6 is 11.6 Å². The normalized spacial score (nSPS) is 11.0. The number of Topliss-reactive ketones (excluding diaryl/α,β-unsaturated/α-hetero) is 1. The van der Waals surface area contributed by atoms with Crippen molar-refractivity contribution in [2.45, 2.75) is 6.92 Å². The molecule has 4 N–H and O–H groups in total. The van der Waals surface area contributed by atoms with Gasteiger partial charge in [0.1, 0.15) is 18.0 Å². The average molecular weight is 336 g/mol. The maximum Gasteiger partial charge on any atom is 0.188 e. The number of benzene rings is 2. The van der Waals surface area contributed by atoms with E-state index in [0.29, 0.717) is 16.1 Å². The van der Waals surface area contributed by atoms with E-state index >= 15 is 0 Å². The SMILES string of the molecule is Cc1cc(Cl)cc(C=NCC(=O)c2cc(O)c(O)cc2O)c1O. The minimum atomic E-state index is -0.563. The Morgan fingerprint density at radius 2 is 1.74 bits per heavy atom. The molecule has 120 valence electrons. The molecule has 0 radical (unpaired) electrons. The Kier molecular flexibility index (Phi) is 4.76. The van der Waals surface area contributed by atoms with Crippen LogP contribution < -0.4 is 0 Å². The molecule has 0 bridgehead atoms. The van der Waals surface area contributed by atoms with E-state index in [-0.39, 0.29) is 17.9 Å². The van der Waals surface area contributed by atoms with Crippen molar-refractivity contribution >= 4 is 23.6 Å². The predicted octanol–water partition coefficient (Wildman–Crippen LogP) is 2.77. The number of hydrogen-bond donors (Lipinski definition) is 4. The first-order valence-corrected chi connectivity index (χ1v) is 6.94. The molecule has 23 heavy (non-hydrogen) atoms. The van der Waals surface area contributed by atoms with Gasteiger partial charge >= 0.3 is 0 Å². The zero-order chi connectivity index (χ0) is 17.1. The number of phenols is 4. The van der Waals surface area contributed by atoms with Crippen LogP contribution in [0.1, 0.15) is 21.5 Å². The van der Waals surface area contributed by atoms with Crippen molar-refractivity contribution in [2.75, 3.05) is 6.54 Å². The van der Waals surface area contributed by atoms with Gasteiger partial charge in [0, 0.05) is 22.9 Å². The number of phenolic OH excluding ortho intramolecular Hbond substituents is 4. The maximum atomic E-state index is 12.0. The second-order valence-corrected chi connectivity index (χ2v) is 5.35. The topological polar surface area (TPSA) is 110 Å². The van der Waals surface area contributed by atoms with Crippen LogP contribution in [0.2, 0.25) is 5.02 Å². The molecule has 0 atom stereocenters. The van der Waals surface area contributed by atoms with Gasteiger partial charge in [-0.15, -0.1) is 0 Å². The summed E-state index contributed by atoms with van der Waals surface area (Å²) in [5, 5.41) is 38.5. The largest absolute Gasteiger partial charge is 0.507 e. The Balaban J connectivity index is 2.18. The number of aromatic hydroxyl groups is 4. The summed E-state index contributed by atoms with van der Waals surface area (Å²) in [6, 6.07) is 4.93. The Morgan fingerprint density at radius 1 is 1.09 bits per heavy atom. The van der Waals surface area contributed by atoms with Crippen LogP contribution in [0.25, 0.3) is 0 Å². The lowest BCUT2D eigenvalue weighted by atomic mass is 10.1. The molecule has 0 heterocycles. The Morgan fingerprint density at radius 3 is 2.43 bits per heavy atom. The summed E-state index contributed by atoms with van der Waals surface area (Å²) in [4.78, 5) is 15.9. The van der Waals surface area contributed by atoms with Crippen molar-refractivity contribution in [3.8, 4) is 23.0 Å². The molecule has 0 saturated carbocycles. The second-order valence-electron chi connectivity index (χ2n) is 4.91. The lowest BCUT2D eigenvalue weighted by molar-refractivity contribution is 0.0999. The first kappa shape index (κ1) is 16.6.